The summed E-state index contributed by atoms with van der Waals surface area (Å²) in [5.41, 5.74) is 3.83. The molecule has 0 unspecified atom stereocenters. The van der Waals surface area contributed by atoms with Crippen molar-refractivity contribution in [3.05, 3.63) is 53.6 Å². The minimum Gasteiger partial charge on any atom is -0.493 e. The molecule has 3 rings (SSSR count). The number of nitrogens with one attached hydrogen (secondary N) is 2. The summed E-state index contributed by atoms with van der Waals surface area (Å²) in [5.74, 6) is 2.18. The van der Waals surface area contributed by atoms with E-state index in [0.29, 0.717) is 6.61 Å². The molecular formula is C22H31IN4O2. The number of guanidine groups is 1. The molecule has 0 bridgehead atoms. The Balaban J connectivity index is 0.00000300. The lowest BCUT2D eigenvalue weighted by Crippen LogP contribution is -2.39. The van der Waals surface area contributed by atoms with Crippen LogP contribution in [0.15, 0.2) is 47.5 Å². The molecule has 0 aromatic heterocycles. The maximum absolute atomic E-state index is 5.64. The van der Waals surface area contributed by atoms with Crippen LogP contribution in [0.1, 0.15) is 18.1 Å². The van der Waals surface area contributed by atoms with Gasteiger partial charge in [0.1, 0.15) is 0 Å². The SMILES string of the molecule is CCOc1cc(NC(=NC)NCCN2CCc3ccccc3C2)ccc1OC.I. The first-order valence-corrected chi connectivity index (χ1v) is 9.81. The van der Waals surface area contributed by atoms with E-state index in [4.69, 9.17) is 9.47 Å². The Kier molecular flexibility index (Phi) is 9.53. The Morgan fingerprint density at radius 3 is 2.66 bits per heavy atom. The highest BCUT2D eigenvalue weighted by molar-refractivity contribution is 14.0. The summed E-state index contributed by atoms with van der Waals surface area (Å²) in [7, 11) is 3.42. The minimum atomic E-state index is 0. The van der Waals surface area contributed by atoms with E-state index in [0.717, 1.165) is 55.7 Å². The van der Waals surface area contributed by atoms with E-state index in [1.807, 2.05) is 25.1 Å². The molecule has 1 aliphatic heterocycles. The monoisotopic (exact) mass is 510 g/mol. The standard InChI is InChI=1S/C22H30N4O2.HI/c1-4-28-21-15-19(9-10-20(21)27-3)25-22(23-2)24-12-14-26-13-11-17-7-5-6-8-18(17)16-26;/h5-10,15H,4,11-14,16H2,1-3H3,(H2,23,24,25);1H. The Hall–Kier alpha value is -2.00. The van der Waals surface area contributed by atoms with Gasteiger partial charge in [-0.2, -0.15) is 0 Å². The van der Waals surface area contributed by atoms with Gasteiger partial charge in [-0.25, -0.2) is 0 Å². The van der Waals surface area contributed by atoms with Gasteiger partial charge in [0, 0.05) is 45.0 Å². The van der Waals surface area contributed by atoms with Crippen molar-refractivity contribution in [1.82, 2.24) is 10.2 Å². The van der Waals surface area contributed by atoms with E-state index in [9.17, 15) is 0 Å². The number of methoxy groups -OCH3 is 1. The van der Waals surface area contributed by atoms with Crippen LogP contribution in [0.4, 0.5) is 5.69 Å². The van der Waals surface area contributed by atoms with Crippen molar-refractivity contribution in [2.45, 2.75) is 19.9 Å². The molecule has 158 valence electrons. The zero-order chi connectivity index (χ0) is 19.8. The lowest BCUT2D eigenvalue weighted by Gasteiger charge is -2.28. The summed E-state index contributed by atoms with van der Waals surface area (Å²) in [4.78, 5) is 6.80. The van der Waals surface area contributed by atoms with Crippen molar-refractivity contribution in [1.29, 1.82) is 0 Å². The number of halogens is 1. The van der Waals surface area contributed by atoms with E-state index in [1.54, 1.807) is 14.2 Å². The van der Waals surface area contributed by atoms with Crippen LogP contribution in [-0.2, 0) is 13.0 Å². The first-order chi connectivity index (χ1) is 13.7. The number of aliphatic imine (C=N–C) groups is 1. The van der Waals surface area contributed by atoms with Gasteiger partial charge in [0.25, 0.3) is 0 Å². The third-order valence-electron chi connectivity index (χ3n) is 4.88. The number of ether oxygens (including phenoxy) is 2. The van der Waals surface area contributed by atoms with Crippen molar-refractivity contribution in [2.75, 3.05) is 45.7 Å². The average molecular weight is 510 g/mol. The maximum atomic E-state index is 5.64. The second kappa shape index (κ2) is 11.9. The largest absolute Gasteiger partial charge is 0.493 e. The van der Waals surface area contributed by atoms with E-state index < -0.39 is 0 Å². The number of benzene rings is 2. The van der Waals surface area contributed by atoms with Crippen LogP contribution in [0.5, 0.6) is 11.5 Å². The first-order valence-electron chi connectivity index (χ1n) is 9.81. The summed E-state index contributed by atoms with van der Waals surface area (Å²) < 4.78 is 11.0. The number of hydrogen-bond acceptors (Lipinski definition) is 4. The molecule has 0 atom stereocenters. The molecule has 2 aromatic rings. The van der Waals surface area contributed by atoms with Crippen LogP contribution in [0.25, 0.3) is 0 Å². The van der Waals surface area contributed by atoms with Gasteiger partial charge in [-0.15, -0.1) is 24.0 Å². The van der Waals surface area contributed by atoms with Gasteiger partial charge in [0.05, 0.1) is 13.7 Å². The lowest BCUT2D eigenvalue weighted by atomic mass is 10.00. The highest BCUT2D eigenvalue weighted by Gasteiger charge is 2.15. The highest BCUT2D eigenvalue weighted by Crippen LogP contribution is 2.30. The zero-order valence-corrected chi connectivity index (χ0v) is 19.7. The van der Waals surface area contributed by atoms with E-state index in [-0.39, 0.29) is 24.0 Å². The molecule has 2 N–H and O–H groups in total. The van der Waals surface area contributed by atoms with Gasteiger partial charge < -0.3 is 20.1 Å². The molecule has 0 amide bonds. The molecule has 0 aliphatic carbocycles. The molecule has 0 radical (unpaired) electrons. The third-order valence-corrected chi connectivity index (χ3v) is 4.88. The predicted octanol–water partition coefficient (Wildman–Crippen LogP) is 3.76. The van der Waals surface area contributed by atoms with E-state index in [2.05, 4.69) is 44.8 Å². The number of fused-ring (bicyclic) bond motifs is 1. The summed E-state index contributed by atoms with van der Waals surface area (Å²) in [6.07, 6.45) is 1.12. The number of anilines is 1. The van der Waals surface area contributed by atoms with Gasteiger partial charge in [-0.1, -0.05) is 24.3 Å². The third kappa shape index (κ3) is 6.50. The first kappa shape index (κ1) is 23.3. The van der Waals surface area contributed by atoms with E-state index in [1.165, 1.54) is 11.1 Å². The maximum Gasteiger partial charge on any atom is 0.195 e. The quantitative estimate of drug-likeness (QED) is 0.338. The molecule has 7 heteroatoms. The molecule has 1 heterocycles. The molecule has 6 nitrogen and oxygen atoms in total. The second-order valence-corrected chi connectivity index (χ2v) is 6.72. The van der Waals surface area contributed by atoms with Crippen molar-refractivity contribution >= 4 is 35.6 Å². The molecule has 2 aromatic carbocycles. The van der Waals surface area contributed by atoms with Crippen LogP contribution in [0.2, 0.25) is 0 Å². The number of rotatable bonds is 7. The number of hydrogen-bond donors (Lipinski definition) is 2. The van der Waals surface area contributed by atoms with Crippen molar-refractivity contribution in [3.63, 3.8) is 0 Å². The molecule has 0 saturated heterocycles. The molecule has 1 aliphatic rings. The summed E-state index contributed by atoms with van der Waals surface area (Å²) in [6.45, 7) is 6.46. The Labute approximate surface area is 190 Å². The molecular weight excluding hydrogens is 479 g/mol. The van der Waals surface area contributed by atoms with Gasteiger partial charge in [-0.3, -0.25) is 9.89 Å². The van der Waals surface area contributed by atoms with Crippen molar-refractivity contribution in [2.24, 2.45) is 4.99 Å². The van der Waals surface area contributed by atoms with Gasteiger partial charge in [-0.05, 0) is 36.6 Å². The molecule has 0 fully saturated rings. The van der Waals surface area contributed by atoms with Crippen LogP contribution in [0.3, 0.4) is 0 Å². The van der Waals surface area contributed by atoms with Crippen LogP contribution < -0.4 is 20.1 Å². The number of nitrogens with zero attached hydrogens (tertiary/aromatic N) is 2. The Morgan fingerprint density at radius 1 is 1.14 bits per heavy atom. The van der Waals surface area contributed by atoms with E-state index >= 15 is 0 Å². The molecule has 0 spiro atoms. The summed E-state index contributed by atoms with van der Waals surface area (Å²) >= 11 is 0. The van der Waals surface area contributed by atoms with Crippen LogP contribution in [-0.4, -0.2) is 51.3 Å². The summed E-state index contributed by atoms with van der Waals surface area (Å²) in [5, 5.41) is 6.71. The zero-order valence-electron chi connectivity index (χ0n) is 17.4. The second-order valence-electron chi connectivity index (χ2n) is 6.72. The van der Waals surface area contributed by atoms with Crippen LogP contribution in [0, 0.1) is 0 Å². The lowest BCUT2D eigenvalue weighted by molar-refractivity contribution is 0.258. The Morgan fingerprint density at radius 2 is 1.93 bits per heavy atom. The smallest absolute Gasteiger partial charge is 0.195 e. The fourth-order valence-electron chi connectivity index (χ4n) is 3.42. The Bertz CT molecular complexity index is 813. The fourth-order valence-corrected chi connectivity index (χ4v) is 3.42. The predicted molar refractivity (Wildman–Crippen MR) is 130 cm³/mol. The summed E-state index contributed by atoms with van der Waals surface area (Å²) in [6, 6.07) is 14.5. The van der Waals surface area contributed by atoms with Crippen molar-refractivity contribution < 1.29 is 9.47 Å². The van der Waals surface area contributed by atoms with Gasteiger partial charge >= 0.3 is 0 Å². The van der Waals surface area contributed by atoms with Crippen molar-refractivity contribution in [3.8, 4) is 11.5 Å². The van der Waals surface area contributed by atoms with Gasteiger partial charge in [0.15, 0.2) is 17.5 Å². The normalized spacial score (nSPS) is 13.8. The van der Waals surface area contributed by atoms with Crippen LogP contribution >= 0.6 is 24.0 Å². The minimum absolute atomic E-state index is 0. The average Bonchev–Trinajstić information content (AvgIpc) is 2.73. The highest BCUT2D eigenvalue weighted by atomic mass is 127. The fraction of sp³-hybridized carbons (Fsp3) is 0.409. The topological polar surface area (TPSA) is 58.1 Å². The molecule has 29 heavy (non-hydrogen) atoms. The molecule has 0 saturated carbocycles. The van der Waals surface area contributed by atoms with Gasteiger partial charge in [0.2, 0.25) is 0 Å².